The van der Waals surface area contributed by atoms with Crippen molar-refractivity contribution in [2.75, 3.05) is 26.0 Å². The van der Waals surface area contributed by atoms with Crippen LogP contribution in [0.1, 0.15) is 24.2 Å². The zero-order valence-electron chi connectivity index (χ0n) is 10.6. The topological polar surface area (TPSA) is 45.2 Å². The van der Waals surface area contributed by atoms with E-state index in [1.54, 1.807) is 14.1 Å². The van der Waals surface area contributed by atoms with Gasteiger partial charge in [0.05, 0.1) is 5.56 Å². The van der Waals surface area contributed by atoms with E-state index in [0.717, 1.165) is 0 Å². The Morgan fingerprint density at radius 1 is 1.59 bits per heavy atom. The van der Waals surface area contributed by atoms with Gasteiger partial charge in [-0.05, 0) is 12.0 Å². The highest BCUT2D eigenvalue weighted by atomic mass is 19.1. The summed E-state index contributed by atoms with van der Waals surface area (Å²) >= 11 is 0. The molecular formula is C12H18FN3O. The van der Waals surface area contributed by atoms with E-state index in [-0.39, 0.29) is 17.3 Å². The molecule has 1 heterocycles. The van der Waals surface area contributed by atoms with E-state index in [0.29, 0.717) is 12.5 Å². The Hall–Kier alpha value is -1.65. The summed E-state index contributed by atoms with van der Waals surface area (Å²) in [5.41, 5.74) is 0.0486. The Balaban J connectivity index is 2.96. The third kappa shape index (κ3) is 3.15. The number of anilines is 1. The van der Waals surface area contributed by atoms with Gasteiger partial charge in [0.25, 0.3) is 5.91 Å². The van der Waals surface area contributed by atoms with Crippen LogP contribution >= 0.6 is 0 Å². The fourth-order valence-electron chi connectivity index (χ4n) is 1.62. The highest BCUT2D eigenvalue weighted by Crippen LogP contribution is 2.16. The molecule has 0 aliphatic heterocycles. The van der Waals surface area contributed by atoms with Crippen LogP contribution in [0.15, 0.2) is 12.3 Å². The quantitative estimate of drug-likeness (QED) is 0.874. The van der Waals surface area contributed by atoms with E-state index in [9.17, 15) is 9.18 Å². The normalized spacial score (nSPS) is 10.5. The van der Waals surface area contributed by atoms with Crippen LogP contribution in [0.3, 0.4) is 0 Å². The standard InChI is InChI=1S/C12H18FN3O/c1-8(2)7-16(4)12(17)9-5-6-15-11(14-3)10(9)13/h5-6,8H,7H2,1-4H3,(H,14,15). The largest absolute Gasteiger partial charge is 0.371 e. The predicted molar refractivity (Wildman–Crippen MR) is 65.5 cm³/mol. The molecule has 1 aromatic heterocycles. The highest BCUT2D eigenvalue weighted by molar-refractivity contribution is 5.95. The highest BCUT2D eigenvalue weighted by Gasteiger charge is 2.19. The molecule has 4 nitrogen and oxygen atoms in total. The maximum Gasteiger partial charge on any atom is 0.256 e. The van der Waals surface area contributed by atoms with Gasteiger partial charge < -0.3 is 10.2 Å². The van der Waals surface area contributed by atoms with Gasteiger partial charge in [0.2, 0.25) is 0 Å². The molecule has 0 aliphatic carbocycles. The predicted octanol–water partition coefficient (Wildman–Crippen LogP) is 1.99. The third-order valence-electron chi connectivity index (χ3n) is 2.34. The molecule has 0 aromatic carbocycles. The lowest BCUT2D eigenvalue weighted by Gasteiger charge is -2.19. The smallest absolute Gasteiger partial charge is 0.256 e. The molecule has 94 valence electrons. The number of hydrogen-bond donors (Lipinski definition) is 1. The van der Waals surface area contributed by atoms with E-state index in [1.165, 1.54) is 17.2 Å². The molecule has 0 radical (unpaired) electrons. The number of nitrogens with zero attached hydrogens (tertiary/aromatic N) is 2. The molecule has 0 spiro atoms. The zero-order valence-corrected chi connectivity index (χ0v) is 10.6. The number of carbonyl (C=O) groups excluding carboxylic acids is 1. The van der Waals surface area contributed by atoms with E-state index in [2.05, 4.69) is 10.3 Å². The van der Waals surface area contributed by atoms with Crippen LogP contribution in [0.4, 0.5) is 10.2 Å². The Kier molecular flexibility index (Phi) is 4.43. The van der Waals surface area contributed by atoms with Crippen LogP contribution < -0.4 is 5.32 Å². The van der Waals surface area contributed by atoms with Crippen molar-refractivity contribution in [1.29, 1.82) is 0 Å². The molecule has 5 heteroatoms. The fraction of sp³-hybridized carbons (Fsp3) is 0.500. The van der Waals surface area contributed by atoms with Gasteiger partial charge in [-0.1, -0.05) is 13.8 Å². The lowest BCUT2D eigenvalue weighted by atomic mass is 10.1. The van der Waals surface area contributed by atoms with Gasteiger partial charge in [0.15, 0.2) is 11.6 Å². The number of aromatic nitrogens is 1. The van der Waals surface area contributed by atoms with Gasteiger partial charge in [-0.3, -0.25) is 4.79 Å². The summed E-state index contributed by atoms with van der Waals surface area (Å²) in [6.45, 7) is 4.60. The third-order valence-corrected chi connectivity index (χ3v) is 2.34. The SMILES string of the molecule is CNc1nccc(C(=O)N(C)CC(C)C)c1F. The van der Waals surface area contributed by atoms with Crippen molar-refractivity contribution in [1.82, 2.24) is 9.88 Å². The zero-order chi connectivity index (χ0) is 13.0. The van der Waals surface area contributed by atoms with Crippen LogP contribution in [0.5, 0.6) is 0 Å². The molecule has 1 aromatic rings. The lowest BCUT2D eigenvalue weighted by molar-refractivity contribution is 0.0774. The van der Waals surface area contributed by atoms with Gasteiger partial charge in [-0.2, -0.15) is 0 Å². The molecule has 0 aliphatic rings. The number of hydrogen-bond acceptors (Lipinski definition) is 3. The van der Waals surface area contributed by atoms with Crippen molar-refractivity contribution in [3.05, 3.63) is 23.6 Å². The number of halogens is 1. The van der Waals surface area contributed by atoms with E-state index >= 15 is 0 Å². The molecule has 1 amide bonds. The summed E-state index contributed by atoms with van der Waals surface area (Å²) < 4.78 is 13.8. The maximum absolute atomic E-state index is 13.8. The molecule has 0 fully saturated rings. The summed E-state index contributed by atoms with van der Waals surface area (Å²) in [4.78, 5) is 17.3. The molecule has 0 saturated carbocycles. The molecular weight excluding hydrogens is 221 g/mol. The summed E-state index contributed by atoms with van der Waals surface area (Å²) in [6.07, 6.45) is 1.42. The van der Waals surface area contributed by atoms with Gasteiger partial charge in [0.1, 0.15) is 0 Å². The molecule has 1 N–H and O–H groups in total. The van der Waals surface area contributed by atoms with E-state index < -0.39 is 5.82 Å². The monoisotopic (exact) mass is 239 g/mol. The number of pyridine rings is 1. The Bertz CT molecular complexity index is 407. The molecule has 0 unspecified atom stereocenters. The van der Waals surface area contributed by atoms with E-state index in [1.807, 2.05) is 13.8 Å². The summed E-state index contributed by atoms with van der Waals surface area (Å²) in [5.74, 6) is -0.489. The van der Waals surface area contributed by atoms with Crippen molar-refractivity contribution in [3.63, 3.8) is 0 Å². The molecule has 0 saturated heterocycles. The number of amides is 1. The van der Waals surface area contributed by atoms with Crippen LogP contribution in [0.2, 0.25) is 0 Å². The number of carbonyl (C=O) groups is 1. The second-order valence-corrected chi connectivity index (χ2v) is 4.35. The first-order valence-corrected chi connectivity index (χ1v) is 5.55. The molecule has 1 rings (SSSR count). The first-order chi connectivity index (χ1) is 7.97. The Morgan fingerprint density at radius 3 is 2.76 bits per heavy atom. The second kappa shape index (κ2) is 5.61. The minimum atomic E-state index is -0.601. The minimum absolute atomic E-state index is 0.0486. The van der Waals surface area contributed by atoms with Gasteiger partial charge in [0, 0.05) is 26.8 Å². The van der Waals surface area contributed by atoms with Crippen molar-refractivity contribution in [3.8, 4) is 0 Å². The average molecular weight is 239 g/mol. The summed E-state index contributed by atoms with van der Waals surface area (Å²) in [6, 6.07) is 1.40. The minimum Gasteiger partial charge on any atom is -0.371 e. The van der Waals surface area contributed by atoms with Gasteiger partial charge >= 0.3 is 0 Å². The molecule has 0 atom stereocenters. The maximum atomic E-state index is 13.8. The van der Waals surface area contributed by atoms with Crippen molar-refractivity contribution < 1.29 is 9.18 Å². The van der Waals surface area contributed by atoms with Crippen molar-refractivity contribution in [2.45, 2.75) is 13.8 Å². The lowest BCUT2D eigenvalue weighted by Crippen LogP contribution is -2.31. The van der Waals surface area contributed by atoms with Gasteiger partial charge in [-0.15, -0.1) is 0 Å². The molecule has 17 heavy (non-hydrogen) atoms. The Morgan fingerprint density at radius 2 is 2.24 bits per heavy atom. The van der Waals surface area contributed by atoms with Crippen LogP contribution in [-0.2, 0) is 0 Å². The molecule has 0 bridgehead atoms. The van der Waals surface area contributed by atoms with Crippen LogP contribution in [0.25, 0.3) is 0 Å². The van der Waals surface area contributed by atoms with Crippen LogP contribution in [0, 0.1) is 11.7 Å². The fourth-order valence-corrected chi connectivity index (χ4v) is 1.62. The average Bonchev–Trinajstić information content (AvgIpc) is 2.27. The van der Waals surface area contributed by atoms with Crippen molar-refractivity contribution >= 4 is 11.7 Å². The first-order valence-electron chi connectivity index (χ1n) is 5.55. The Labute approximate surface area is 101 Å². The van der Waals surface area contributed by atoms with Crippen LogP contribution in [-0.4, -0.2) is 36.4 Å². The number of nitrogens with one attached hydrogen (secondary N) is 1. The van der Waals surface area contributed by atoms with Gasteiger partial charge in [-0.25, -0.2) is 9.37 Å². The number of rotatable bonds is 4. The summed E-state index contributed by atoms with van der Waals surface area (Å²) in [5, 5.41) is 2.61. The summed E-state index contributed by atoms with van der Waals surface area (Å²) in [7, 11) is 3.23. The first kappa shape index (κ1) is 13.4. The van der Waals surface area contributed by atoms with E-state index in [4.69, 9.17) is 0 Å². The second-order valence-electron chi connectivity index (χ2n) is 4.35. The van der Waals surface area contributed by atoms with Crippen molar-refractivity contribution in [2.24, 2.45) is 5.92 Å².